The first kappa shape index (κ1) is 14.5. The van der Waals surface area contributed by atoms with Crippen LogP contribution in [0.4, 0.5) is 11.1 Å². The Labute approximate surface area is 142 Å². The maximum absolute atomic E-state index is 4.57. The molecule has 6 nitrogen and oxygen atoms in total. The van der Waals surface area contributed by atoms with E-state index in [4.69, 9.17) is 0 Å². The number of hydrogen-bond acceptors (Lipinski definition) is 6. The Morgan fingerprint density at radius 2 is 1.88 bits per heavy atom. The molecule has 0 aliphatic rings. The number of aryl methyl sites for hydroxylation is 1. The fourth-order valence-corrected chi connectivity index (χ4v) is 3.02. The minimum atomic E-state index is 0.509. The number of hydrogen-bond donors (Lipinski definition) is 1. The van der Waals surface area contributed by atoms with Gasteiger partial charge in [0.25, 0.3) is 0 Å². The van der Waals surface area contributed by atoms with Crippen LogP contribution in [0, 0.1) is 6.92 Å². The molecule has 0 saturated carbocycles. The molecule has 0 spiro atoms. The van der Waals surface area contributed by atoms with Gasteiger partial charge in [-0.2, -0.15) is 4.98 Å². The highest BCUT2D eigenvalue weighted by molar-refractivity contribution is 7.13. The van der Waals surface area contributed by atoms with Crippen LogP contribution >= 0.6 is 11.3 Å². The summed E-state index contributed by atoms with van der Waals surface area (Å²) in [6, 6.07) is 11.9. The van der Waals surface area contributed by atoms with E-state index in [0.29, 0.717) is 5.95 Å². The summed E-state index contributed by atoms with van der Waals surface area (Å²) >= 11 is 1.53. The van der Waals surface area contributed by atoms with Gasteiger partial charge in [-0.05, 0) is 13.0 Å². The van der Waals surface area contributed by atoms with Gasteiger partial charge in [0.15, 0.2) is 5.13 Å². The number of aromatic nitrogens is 5. The van der Waals surface area contributed by atoms with Crippen molar-refractivity contribution < 1.29 is 0 Å². The number of nitrogens with one attached hydrogen (secondary N) is 1. The topological polar surface area (TPSA) is 68.5 Å². The molecule has 1 aromatic carbocycles. The largest absolute Gasteiger partial charge is 0.300 e. The number of rotatable bonds is 4. The fraction of sp³-hybridized carbons (Fsp3) is 0.0588. The van der Waals surface area contributed by atoms with Gasteiger partial charge in [-0.3, -0.25) is 9.88 Å². The third-order valence-corrected chi connectivity index (χ3v) is 4.27. The summed E-state index contributed by atoms with van der Waals surface area (Å²) in [7, 11) is 0. The second kappa shape index (κ2) is 6.21. The molecule has 0 aliphatic carbocycles. The number of imidazole rings is 1. The van der Waals surface area contributed by atoms with E-state index in [1.165, 1.54) is 11.3 Å². The number of nitrogens with zero attached hydrogens (tertiary/aromatic N) is 5. The van der Waals surface area contributed by atoms with Gasteiger partial charge >= 0.3 is 0 Å². The Morgan fingerprint density at radius 1 is 1.00 bits per heavy atom. The smallest absolute Gasteiger partial charge is 0.230 e. The van der Waals surface area contributed by atoms with Crippen LogP contribution in [0.3, 0.4) is 0 Å². The van der Waals surface area contributed by atoms with E-state index in [1.54, 1.807) is 12.4 Å². The van der Waals surface area contributed by atoms with E-state index < -0.39 is 0 Å². The van der Waals surface area contributed by atoms with Gasteiger partial charge in [0.05, 0.1) is 5.69 Å². The molecule has 0 bridgehead atoms. The van der Waals surface area contributed by atoms with Crippen LogP contribution in [0.25, 0.3) is 17.2 Å². The summed E-state index contributed by atoms with van der Waals surface area (Å²) in [5, 5.41) is 5.90. The van der Waals surface area contributed by atoms with Crippen molar-refractivity contribution in [2.75, 3.05) is 5.32 Å². The van der Waals surface area contributed by atoms with Crippen LogP contribution in [0.5, 0.6) is 0 Å². The first-order valence-electron chi connectivity index (χ1n) is 7.41. The minimum Gasteiger partial charge on any atom is -0.300 e. The summed E-state index contributed by atoms with van der Waals surface area (Å²) in [5.74, 6) is 2.09. The second-order valence-electron chi connectivity index (χ2n) is 5.14. The SMILES string of the molecule is Cc1csc(Nc2nccc(-n3ccnc3-c3ccccc3)n2)n1. The molecule has 1 N–H and O–H groups in total. The highest BCUT2D eigenvalue weighted by Crippen LogP contribution is 2.22. The molecule has 7 heteroatoms. The summed E-state index contributed by atoms with van der Waals surface area (Å²) in [4.78, 5) is 17.7. The van der Waals surface area contributed by atoms with Crippen LogP contribution in [-0.2, 0) is 0 Å². The fourth-order valence-electron chi connectivity index (χ4n) is 2.34. The molecule has 118 valence electrons. The van der Waals surface area contributed by atoms with Crippen LogP contribution in [0.2, 0.25) is 0 Å². The van der Waals surface area contributed by atoms with Crippen LogP contribution < -0.4 is 5.32 Å². The molecule has 0 aliphatic heterocycles. The van der Waals surface area contributed by atoms with Crippen molar-refractivity contribution in [3.05, 3.63) is 66.1 Å². The lowest BCUT2D eigenvalue weighted by Crippen LogP contribution is -2.03. The van der Waals surface area contributed by atoms with E-state index in [9.17, 15) is 0 Å². The molecule has 0 atom stereocenters. The minimum absolute atomic E-state index is 0.509. The zero-order chi connectivity index (χ0) is 16.4. The first-order chi connectivity index (χ1) is 11.8. The van der Waals surface area contributed by atoms with Gasteiger partial charge in [0.2, 0.25) is 5.95 Å². The summed E-state index contributed by atoms with van der Waals surface area (Å²) in [6.45, 7) is 1.95. The zero-order valence-electron chi connectivity index (χ0n) is 12.9. The van der Waals surface area contributed by atoms with Gasteiger partial charge in [0, 0.05) is 29.5 Å². The van der Waals surface area contributed by atoms with Crippen molar-refractivity contribution >= 4 is 22.4 Å². The lowest BCUT2D eigenvalue weighted by molar-refractivity contribution is 0.982. The van der Waals surface area contributed by atoms with E-state index >= 15 is 0 Å². The Kier molecular flexibility index (Phi) is 3.76. The van der Waals surface area contributed by atoms with Gasteiger partial charge in [-0.25, -0.2) is 15.0 Å². The van der Waals surface area contributed by atoms with Gasteiger partial charge in [-0.1, -0.05) is 30.3 Å². The monoisotopic (exact) mass is 334 g/mol. The van der Waals surface area contributed by atoms with E-state index in [0.717, 1.165) is 28.0 Å². The molecule has 0 radical (unpaired) electrons. The Bertz CT molecular complexity index is 960. The summed E-state index contributed by atoms with van der Waals surface area (Å²) in [6.07, 6.45) is 5.38. The first-order valence-corrected chi connectivity index (χ1v) is 8.29. The molecule has 0 saturated heterocycles. The highest BCUT2D eigenvalue weighted by Gasteiger charge is 2.10. The Hall–Kier alpha value is -3.06. The Morgan fingerprint density at radius 3 is 2.67 bits per heavy atom. The van der Waals surface area contributed by atoms with E-state index in [1.807, 2.05) is 59.5 Å². The molecular formula is C17H14N6S. The molecule has 0 amide bonds. The molecular weight excluding hydrogens is 320 g/mol. The van der Waals surface area contributed by atoms with Crippen LogP contribution in [0.1, 0.15) is 5.69 Å². The number of benzene rings is 1. The van der Waals surface area contributed by atoms with Crippen molar-refractivity contribution in [2.24, 2.45) is 0 Å². The lowest BCUT2D eigenvalue weighted by Gasteiger charge is -2.08. The molecule has 4 rings (SSSR count). The van der Waals surface area contributed by atoms with Crippen molar-refractivity contribution in [3.63, 3.8) is 0 Å². The van der Waals surface area contributed by atoms with Gasteiger partial charge in [0.1, 0.15) is 11.6 Å². The van der Waals surface area contributed by atoms with Crippen LogP contribution in [-0.4, -0.2) is 24.5 Å². The Balaban J connectivity index is 1.68. The maximum atomic E-state index is 4.57. The predicted octanol–water partition coefficient (Wildman–Crippen LogP) is 3.84. The summed E-state index contributed by atoms with van der Waals surface area (Å²) in [5.41, 5.74) is 2.01. The molecule has 3 aromatic heterocycles. The van der Waals surface area contributed by atoms with E-state index in [2.05, 4.69) is 25.3 Å². The van der Waals surface area contributed by atoms with Gasteiger partial charge in [-0.15, -0.1) is 11.3 Å². The third kappa shape index (κ3) is 2.89. The zero-order valence-corrected chi connectivity index (χ0v) is 13.7. The standard InChI is InChI=1S/C17H14N6S/c1-12-11-24-17(20-12)22-16-19-8-7-14(21-16)23-10-9-18-15(23)13-5-3-2-4-6-13/h2-11H,1H3,(H,19,20,21,22). The molecule has 24 heavy (non-hydrogen) atoms. The van der Waals surface area contributed by atoms with Crippen molar-refractivity contribution in [1.29, 1.82) is 0 Å². The quantitative estimate of drug-likeness (QED) is 0.614. The predicted molar refractivity (Wildman–Crippen MR) is 94.7 cm³/mol. The molecule has 3 heterocycles. The van der Waals surface area contributed by atoms with Crippen molar-refractivity contribution in [3.8, 4) is 17.2 Å². The average molecular weight is 334 g/mol. The van der Waals surface area contributed by atoms with Crippen LogP contribution in [0.15, 0.2) is 60.4 Å². The van der Waals surface area contributed by atoms with E-state index in [-0.39, 0.29) is 0 Å². The maximum Gasteiger partial charge on any atom is 0.230 e. The van der Waals surface area contributed by atoms with Gasteiger partial charge < -0.3 is 0 Å². The van der Waals surface area contributed by atoms with Crippen molar-refractivity contribution in [1.82, 2.24) is 24.5 Å². The average Bonchev–Trinajstić information content (AvgIpc) is 3.25. The third-order valence-electron chi connectivity index (χ3n) is 3.40. The highest BCUT2D eigenvalue weighted by atomic mass is 32.1. The molecule has 0 fully saturated rings. The summed E-state index contributed by atoms with van der Waals surface area (Å²) < 4.78 is 1.94. The number of thiazole rings is 1. The lowest BCUT2D eigenvalue weighted by atomic mass is 10.2. The normalized spacial score (nSPS) is 10.7. The number of anilines is 2. The molecule has 0 unspecified atom stereocenters. The second-order valence-corrected chi connectivity index (χ2v) is 6.00. The van der Waals surface area contributed by atoms with Crippen molar-refractivity contribution in [2.45, 2.75) is 6.92 Å². The molecule has 4 aromatic rings.